The first-order chi connectivity index (χ1) is 8.49. The van der Waals surface area contributed by atoms with Gasteiger partial charge in [0, 0.05) is 24.8 Å². The fraction of sp³-hybridized carbons (Fsp3) is 0.692. The topological polar surface area (TPSA) is 59.0 Å². The molecule has 0 aliphatic carbocycles. The van der Waals surface area contributed by atoms with E-state index in [1.165, 1.54) is 5.69 Å². The summed E-state index contributed by atoms with van der Waals surface area (Å²) in [7, 11) is 0. The van der Waals surface area contributed by atoms with Crippen LogP contribution in [0.5, 0.6) is 0 Å². The van der Waals surface area contributed by atoms with Gasteiger partial charge in [0.05, 0.1) is 12.2 Å². The smallest absolute Gasteiger partial charge is 0.233 e. The molecule has 1 aromatic rings. The molecule has 5 heteroatoms. The summed E-state index contributed by atoms with van der Waals surface area (Å²) in [6.07, 6.45) is 0.898. The molecule has 18 heavy (non-hydrogen) atoms. The van der Waals surface area contributed by atoms with Crippen LogP contribution >= 0.6 is 0 Å². The normalized spacial score (nSPS) is 10.9. The Labute approximate surface area is 109 Å². The second-order valence-corrected chi connectivity index (χ2v) is 4.89. The van der Waals surface area contributed by atoms with Crippen molar-refractivity contribution in [3.8, 4) is 0 Å². The molecule has 0 bridgehead atoms. The summed E-state index contributed by atoms with van der Waals surface area (Å²) in [5.74, 6) is 0.0528. The van der Waals surface area contributed by atoms with Crippen LogP contribution in [0.3, 0.4) is 0 Å². The highest BCUT2D eigenvalue weighted by atomic mass is 16.1. The number of aromatic nitrogens is 2. The maximum atomic E-state index is 11.4. The van der Waals surface area contributed by atoms with Crippen molar-refractivity contribution in [2.24, 2.45) is 0 Å². The van der Waals surface area contributed by atoms with Crippen LogP contribution in [0.1, 0.15) is 31.7 Å². The second-order valence-electron chi connectivity index (χ2n) is 4.89. The molecule has 1 amide bonds. The van der Waals surface area contributed by atoms with Gasteiger partial charge in [-0.2, -0.15) is 5.10 Å². The zero-order valence-corrected chi connectivity index (χ0v) is 11.8. The molecule has 0 fully saturated rings. The zero-order chi connectivity index (χ0) is 13.5. The Morgan fingerprint density at radius 1 is 1.44 bits per heavy atom. The van der Waals surface area contributed by atoms with Crippen molar-refractivity contribution < 1.29 is 4.79 Å². The van der Waals surface area contributed by atoms with Crippen molar-refractivity contribution in [2.45, 2.75) is 46.7 Å². The summed E-state index contributed by atoms with van der Waals surface area (Å²) in [6.45, 7) is 10.0. The summed E-state index contributed by atoms with van der Waals surface area (Å²) < 4.78 is 1.98. The predicted octanol–water partition coefficient (Wildman–Crippen LogP) is 1.00. The van der Waals surface area contributed by atoms with Crippen LogP contribution < -0.4 is 10.6 Å². The average molecular weight is 252 g/mol. The van der Waals surface area contributed by atoms with Crippen molar-refractivity contribution in [2.75, 3.05) is 13.1 Å². The van der Waals surface area contributed by atoms with Crippen molar-refractivity contribution in [1.82, 2.24) is 20.4 Å². The maximum Gasteiger partial charge on any atom is 0.233 e. The number of amides is 1. The summed E-state index contributed by atoms with van der Waals surface area (Å²) >= 11 is 0. The molecule has 0 radical (unpaired) electrons. The molecule has 0 spiro atoms. The molecule has 5 nitrogen and oxygen atoms in total. The first kappa shape index (κ1) is 14.7. The van der Waals surface area contributed by atoms with Gasteiger partial charge >= 0.3 is 0 Å². The van der Waals surface area contributed by atoms with E-state index in [-0.39, 0.29) is 5.91 Å². The lowest BCUT2D eigenvalue weighted by atomic mass is 10.3. The minimum atomic E-state index is 0.0528. The van der Waals surface area contributed by atoms with Gasteiger partial charge in [-0.25, -0.2) is 0 Å². The Morgan fingerprint density at radius 3 is 2.72 bits per heavy atom. The van der Waals surface area contributed by atoms with E-state index in [2.05, 4.69) is 21.8 Å². The van der Waals surface area contributed by atoms with Gasteiger partial charge in [-0.15, -0.1) is 0 Å². The number of rotatable bonds is 7. The highest BCUT2D eigenvalue weighted by Gasteiger charge is 2.03. The van der Waals surface area contributed by atoms with Gasteiger partial charge in [0.15, 0.2) is 0 Å². The van der Waals surface area contributed by atoms with Gasteiger partial charge in [-0.3, -0.25) is 9.48 Å². The Kier molecular flexibility index (Phi) is 5.85. The van der Waals surface area contributed by atoms with Crippen LogP contribution in [0, 0.1) is 13.8 Å². The van der Waals surface area contributed by atoms with E-state index in [0.29, 0.717) is 19.1 Å². The van der Waals surface area contributed by atoms with Gasteiger partial charge in [0.25, 0.3) is 0 Å². The van der Waals surface area contributed by atoms with E-state index in [1.807, 2.05) is 32.4 Å². The molecule has 0 aromatic carbocycles. The summed E-state index contributed by atoms with van der Waals surface area (Å²) in [4.78, 5) is 11.4. The molecule has 1 rings (SSSR count). The molecular formula is C13H24N4O. The quantitative estimate of drug-likeness (QED) is 0.712. The van der Waals surface area contributed by atoms with Gasteiger partial charge in [0.1, 0.15) is 0 Å². The number of aryl methyl sites for hydroxylation is 3. The van der Waals surface area contributed by atoms with E-state index in [9.17, 15) is 4.79 Å². The fourth-order valence-corrected chi connectivity index (χ4v) is 1.72. The van der Waals surface area contributed by atoms with E-state index < -0.39 is 0 Å². The summed E-state index contributed by atoms with van der Waals surface area (Å²) in [5.41, 5.74) is 2.21. The fourth-order valence-electron chi connectivity index (χ4n) is 1.72. The minimum Gasteiger partial charge on any atom is -0.355 e. The average Bonchev–Trinajstić information content (AvgIpc) is 2.60. The van der Waals surface area contributed by atoms with Gasteiger partial charge in [0.2, 0.25) is 5.91 Å². The van der Waals surface area contributed by atoms with Crippen molar-refractivity contribution in [3.05, 3.63) is 17.5 Å². The van der Waals surface area contributed by atoms with Crippen LogP contribution in [-0.4, -0.2) is 34.8 Å². The highest BCUT2D eigenvalue weighted by molar-refractivity contribution is 5.77. The number of carbonyl (C=O) groups excluding carboxylic acids is 1. The van der Waals surface area contributed by atoms with Crippen molar-refractivity contribution in [3.63, 3.8) is 0 Å². The molecular weight excluding hydrogens is 228 g/mol. The van der Waals surface area contributed by atoms with Gasteiger partial charge in [-0.05, 0) is 26.3 Å². The SMILES string of the molecule is Cc1cc(C)n(CCCNC(=O)CNC(C)C)n1. The molecule has 2 N–H and O–H groups in total. The Balaban J connectivity index is 2.15. The first-order valence-electron chi connectivity index (χ1n) is 6.50. The Bertz CT molecular complexity index is 384. The number of hydrogen-bond acceptors (Lipinski definition) is 3. The molecule has 0 saturated heterocycles. The number of carbonyl (C=O) groups is 1. The summed E-state index contributed by atoms with van der Waals surface area (Å²) in [6, 6.07) is 2.40. The standard InChI is InChI=1S/C13H24N4O/c1-10(2)15-9-13(18)14-6-5-7-17-12(4)8-11(3)16-17/h8,10,15H,5-7,9H2,1-4H3,(H,14,18). The van der Waals surface area contributed by atoms with E-state index in [0.717, 1.165) is 18.7 Å². The molecule has 1 aromatic heterocycles. The molecule has 0 aliphatic heterocycles. The largest absolute Gasteiger partial charge is 0.355 e. The van der Waals surface area contributed by atoms with Crippen molar-refractivity contribution >= 4 is 5.91 Å². The third-order valence-corrected chi connectivity index (χ3v) is 2.64. The highest BCUT2D eigenvalue weighted by Crippen LogP contribution is 2.01. The first-order valence-corrected chi connectivity index (χ1v) is 6.50. The lowest BCUT2D eigenvalue weighted by molar-refractivity contribution is -0.120. The monoisotopic (exact) mass is 252 g/mol. The molecule has 0 saturated carbocycles. The van der Waals surface area contributed by atoms with E-state index in [4.69, 9.17) is 0 Å². The summed E-state index contributed by atoms with van der Waals surface area (Å²) in [5, 5.41) is 10.4. The van der Waals surface area contributed by atoms with Crippen LogP contribution in [0.2, 0.25) is 0 Å². The minimum absolute atomic E-state index is 0.0528. The third kappa shape index (κ3) is 5.31. The Hall–Kier alpha value is -1.36. The van der Waals surface area contributed by atoms with Crippen LogP contribution in [0.25, 0.3) is 0 Å². The van der Waals surface area contributed by atoms with Gasteiger partial charge in [-0.1, -0.05) is 13.8 Å². The lowest BCUT2D eigenvalue weighted by Crippen LogP contribution is -2.37. The van der Waals surface area contributed by atoms with E-state index >= 15 is 0 Å². The van der Waals surface area contributed by atoms with Crippen LogP contribution in [-0.2, 0) is 11.3 Å². The lowest BCUT2D eigenvalue weighted by Gasteiger charge is -2.09. The molecule has 102 valence electrons. The van der Waals surface area contributed by atoms with Crippen LogP contribution in [0.4, 0.5) is 0 Å². The van der Waals surface area contributed by atoms with Crippen molar-refractivity contribution in [1.29, 1.82) is 0 Å². The van der Waals surface area contributed by atoms with Gasteiger partial charge < -0.3 is 10.6 Å². The Morgan fingerprint density at radius 2 is 2.17 bits per heavy atom. The molecule has 1 heterocycles. The zero-order valence-electron chi connectivity index (χ0n) is 11.8. The number of nitrogens with zero attached hydrogens (tertiary/aromatic N) is 2. The predicted molar refractivity (Wildman–Crippen MR) is 72.5 cm³/mol. The van der Waals surface area contributed by atoms with Crippen LogP contribution in [0.15, 0.2) is 6.07 Å². The third-order valence-electron chi connectivity index (χ3n) is 2.64. The second kappa shape index (κ2) is 7.16. The molecule has 0 atom stereocenters. The number of nitrogens with one attached hydrogen (secondary N) is 2. The number of hydrogen-bond donors (Lipinski definition) is 2. The maximum absolute atomic E-state index is 11.4. The van der Waals surface area contributed by atoms with E-state index in [1.54, 1.807) is 0 Å². The molecule has 0 aliphatic rings. The molecule has 0 unspecified atom stereocenters.